The van der Waals surface area contributed by atoms with Crippen LogP contribution in [0.4, 0.5) is 11.8 Å². The summed E-state index contributed by atoms with van der Waals surface area (Å²) < 4.78 is 1.76. The predicted molar refractivity (Wildman–Crippen MR) is 130 cm³/mol. The molecule has 0 bridgehead atoms. The number of nitrogens with two attached hydrogens (primary N) is 1. The van der Waals surface area contributed by atoms with E-state index >= 15 is 0 Å². The van der Waals surface area contributed by atoms with Gasteiger partial charge in [-0.25, -0.2) is 9.67 Å². The van der Waals surface area contributed by atoms with Crippen molar-refractivity contribution in [1.29, 1.82) is 0 Å². The first-order chi connectivity index (χ1) is 16.0. The van der Waals surface area contributed by atoms with Crippen LogP contribution in [0.15, 0.2) is 54.6 Å². The number of benzene rings is 2. The summed E-state index contributed by atoms with van der Waals surface area (Å²) in [5, 5.41) is 6.06. The van der Waals surface area contributed by atoms with Crippen LogP contribution in [0.25, 0.3) is 22.3 Å². The standard InChI is InChI=1S/C24H24ClN7O/c1-16(33)30-10-12-31(13-11-30)24-27-21(18-8-5-9-19(25)14-18)20-22(26)32(29-23(20)28-24)15-17-6-3-2-4-7-17/h2-9,14H,10-13,15,26H2,1H3. The minimum absolute atomic E-state index is 0.0815. The van der Waals surface area contributed by atoms with E-state index in [1.54, 1.807) is 11.6 Å². The van der Waals surface area contributed by atoms with Gasteiger partial charge in [0.2, 0.25) is 11.9 Å². The van der Waals surface area contributed by atoms with Crippen molar-refractivity contribution in [2.45, 2.75) is 13.5 Å². The van der Waals surface area contributed by atoms with Gasteiger partial charge in [0.05, 0.1) is 17.6 Å². The number of nitrogens with zero attached hydrogens (tertiary/aromatic N) is 6. The van der Waals surface area contributed by atoms with Gasteiger partial charge in [-0.1, -0.05) is 54.1 Å². The average molecular weight is 462 g/mol. The van der Waals surface area contributed by atoms with E-state index in [9.17, 15) is 4.79 Å². The van der Waals surface area contributed by atoms with E-state index in [-0.39, 0.29) is 5.91 Å². The number of aromatic nitrogens is 4. The molecule has 9 heteroatoms. The van der Waals surface area contributed by atoms with E-state index in [0.29, 0.717) is 66.2 Å². The molecule has 1 fully saturated rings. The first-order valence-corrected chi connectivity index (χ1v) is 11.2. The van der Waals surface area contributed by atoms with Crippen molar-refractivity contribution in [3.63, 3.8) is 0 Å². The number of fused-ring (bicyclic) bond motifs is 1. The van der Waals surface area contributed by atoms with E-state index in [2.05, 4.69) is 4.90 Å². The third kappa shape index (κ3) is 4.21. The first kappa shape index (κ1) is 21.2. The summed E-state index contributed by atoms with van der Waals surface area (Å²) in [6, 6.07) is 17.6. The Morgan fingerprint density at radius 2 is 1.79 bits per heavy atom. The second-order valence-electron chi connectivity index (χ2n) is 8.10. The summed E-state index contributed by atoms with van der Waals surface area (Å²) in [4.78, 5) is 25.3. The fourth-order valence-corrected chi connectivity index (χ4v) is 4.32. The van der Waals surface area contributed by atoms with E-state index in [4.69, 9.17) is 32.4 Å². The lowest BCUT2D eigenvalue weighted by Crippen LogP contribution is -2.48. The number of carbonyl (C=O) groups excluding carboxylic acids is 1. The first-order valence-electron chi connectivity index (χ1n) is 10.8. The van der Waals surface area contributed by atoms with Crippen molar-refractivity contribution in [3.05, 3.63) is 65.2 Å². The largest absolute Gasteiger partial charge is 0.383 e. The average Bonchev–Trinajstić information content (AvgIpc) is 3.14. The molecule has 0 radical (unpaired) electrons. The normalized spacial score (nSPS) is 14.1. The molecule has 0 unspecified atom stereocenters. The Hall–Kier alpha value is -3.65. The van der Waals surface area contributed by atoms with Crippen LogP contribution >= 0.6 is 11.6 Å². The molecule has 1 saturated heterocycles. The SMILES string of the molecule is CC(=O)N1CCN(c2nc(-c3cccc(Cl)c3)c3c(N)n(Cc4ccccc4)nc3n2)CC1. The molecule has 8 nitrogen and oxygen atoms in total. The van der Waals surface area contributed by atoms with Crippen LogP contribution in [0, 0.1) is 0 Å². The summed E-state index contributed by atoms with van der Waals surface area (Å²) >= 11 is 6.29. The zero-order valence-electron chi connectivity index (χ0n) is 18.3. The van der Waals surface area contributed by atoms with Crippen LogP contribution in [0.5, 0.6) is 0 Å². The van der Waals surface area contributed by atoms with Crippen LogP contribution < -0.4 is 10.6 Å². The van der Waals surface area contributed by atoms with Gasteiger partial charge in [-0.05, 0) is 17.7 Å². The van der Waals surface area contributed by atoms with Gasteiger partial charge < -0.3 is 15.5 Å². The molecule has 0 aliphatic carbocycles. The van der Waals surface area contributed by atoms with E-state index < -0.39 is 0 Å². The molecule has 2 N–H and O–H groups in total. The number of halogens is 1. The summed E-state index contributed by atoms with van der Waals surface area (Å²) in [6.45, 7) is 4.70. The maximum Gasteiger partial charge on any atom is 0.228 e. The van der Waals surface area contributed by atoms with Crippen LogP contribution in [-0.2, 0) is 11.3 Å². The third-order valence-electron chi connectivity index (χ3n) is 5.91. The molecular formula is C24H24ClN7O. The highest BCUT2D eigenvalue weighted by Crippen LogP contribution is 2.33. The maximum atomic E-state index is 11.7. The fourth-order valence-electron chi connectivity index (χ4n) is 4.13. The van der Waals surface area contributed by atoms with Crippen LogP contribution in [0.2, 0.25) is 5.02 Å². The summed E-state index contributed by atoms with van der Waals surface area (Å²) in [5.41, 5.74) is 9.75. The van der Waals surface area contributed by atoms with Crippen molar-refractivity contribution in [3.8, 4) is 11.3 Å². The lowest BCUT2D eigenvalue weighted by molar-refractivity contribution is -0.129. The Morgan fingerprint density at radius 3 is 2.48 bits per heavy atom. The summed E-state index contributed by atoms with van der Waals surface area (Å²) in [5.74, 6) is 1.17. The summed E-state index contributed by atoms with van der Waals surface area (Å²) in [7, 11) is 0. The monoisotopic (exact) mass is 461 g/mol. The Bertz CT molecular complexity index is 1310. The van der Waals surface area contributed by atoms with Crippen LogP contribution in [-0.4, -0.2) is 56.7 Å². The number of carbonyl (C=O) groups is 1. The van der Waals surface area contributed by atoms with Crippen molar-refractivity contribution in [2.24, 2.45) is 0 Å². The molecule has 1 aliphatic rings. The van der Waals surface area contributed by atoms with Gasteiger partial charge in [0, 0.05) is 43.7 Å². The lowest BCUT2D eigenvalue weighted by atomic mass is 10.1. The van der Waals surface area contributed by atoms with Gasteiger partial charge in [-0.2, -0.15) is 4.98 Å². The number of anilines is 2. The minimum atomic E-state index is 0.0815. The number of nitrogen functional groups attached to an aromatic ring is 1. The van der Waals surface area contributed by atoms with Gasteiger partial charge in [-0.15, -0.1) is 5.10 Å². The topological polar surface area (TPSA) is 93.2 Å². The molecule has 4 aromatic rings. The van der Waals surface area contributed by atoms with Crippen molar-refractivity contribution < 1.29 is 4.79 Å². The zero-order chi connectivity index (χ0) is 22.9. The van der Waals surface area contributed by atoms with Gasteiger partial charge in [0.15, 0.2) is 5.65 Å². The molecule has 0 spiro atoms. The number of hydrogen-bond acceptors (Lipinski definition) is 6. The van der Waals surface area contributed by atoms with Crippen LogP contribution in [0.1, 0.15) is 12.5 Å². The van der Waals surface area contributed by atoms with Crippen molar-refractivity contribution in [2.75, 3.05) is 36.8 Å². The maximum absolute atomic E-state index is 11.7. The highest BCUT2D eigenvalue weighted by atomic mass is 35.5. The second kappa shape index (κ2) is 8.71. The van der Waals surface area contributed by atoms with E-state index in [1.807, 2.05) is 59.5 Å². The van der Waals surface area contributed by atoms with Crippen molar-refractivity contribution in [1.82, 2.24) is 24.6 Å². The fraction of sp³-hybridized carbons (Fsp3) is 0.250. The van der Waals surface area contributed by atoms with E-state index in [0.717, 1.165) is 11.1 Å². The molecule has 0 saturated carbocycles. The molecule has 2 aromatic heterocycles. The van der Waals surface area contributed by atoms with Gasteiger partial charge >= 0.3 is 0 Å². The predicted octanol–water partition coefficient (Wildman–Crippen LogP) is 3.45. The quantitative estimate of drug-likeness (QED) is 0.500. The number of rotatable bonds is 4. The van der Waals surface area contributed by atoms with Crippen molar-refractivity contribution >= 4 is 40.3 Å². The van der Waals surface area contributed by atoms with Gasteiger partial charge in [0.1, 0.15) is 5.82 Å². The Morgan fingerprint density at radius 1 is 1.03 bits per heavy atom. The van der Waals surface area contributed by atoms with E-state index in [1.165, 1.54) is 0 Å². The number of amides is 1. The molecule has 1 amide bonds. The molecule has 33 heavy (non-hydrogen) atoms. The molecule has 168 valence electrons. The lowest BCUT2D eigenvalue weighted by Gasteiger charge is -2.34. The van der Waals surface area contributed by atoms with Gasteiger partial charge in [-0.3, -0.25) is 4.79 Å². The molecule has 5 rings (SSSR count). The molecule has 1 aliphatic heterocycles. The molecule has 2 aromatic carbocycles. The van der Waals surface area contributed by atoms with Gasteiger partial charge in [0.25, 0.3) is 0 Å². The minimum Gasteiger partial charge on any atom is -0.383 e. The molecule has 3 heterocycles. The summed E-state index contributed by atoms with van der Waals surface area (Å²) in [6.07, 6.45) is 0. The number of piperazine rings is 1. The number of hydrogen-bond donors (Lipinski definition) is 1. The molecular weight excluding hydrogens is 438 g/mol. The second-order valence-corrected chi connectivity index (χ2v) is 8.54. The Balaban J connectivity index is 1.60. The zero-order valence-corrected chi connectivity index (χ0v) is 19.0. The smallest absolute Gasteiger partial charge is 0.228 e. The van der Waals surface area contributed by atoms with Crippen LogP contribution in [0.3, 0.4) is 0 Å². The Labute approximate surface area is 196 Å². The highest BCUT2D eigenvalue weighted by molar-refractivity contribution is 6.30. The Kier molecular flexibility index (Phi) is 5.60. The molecule has 0 atom stereocenters. The highest BCUT2D eigenvalue weighted by Gasteiger charge is 2.24. The third-order valence-corrected chi connectivity index (χ3v) is 6.14.